The van der Waals surface area contributed by atoms with Gasteiger partial charge in [0.05, 0.1) is 11.8 Å². The Morgan fingerprint density at radius 2 is 1.77 bits per heavy atom. The smallest absolute Gasteiger partial charge is 0.260 e. The van der Waals surface area contributed by atoms with Crippen LogP contribution in [0.4, 0.5) is 27.7 Å². The predicted octanol–water partition coefficient (Wildman–Crippen LogP) is 5.59. The second kappa shape index (κ2) is 10.9. The fourth-order valence-electron chi connectivity index (χ4n) is 5.34. The molecule has 0 spiro atoms. The number of hydrogen-bond acceptors (Lipinski definition) is 7. The molecule has 2 aromatic heterocycles. The van der Waals surface area contributed by atoms with Gasteiger partial charge in [0.1, 0.15) is 11.3 Å². The van der Waals surface area contributed by atoms with Gasteiger partial charge in [-0.05, 0) is 62.4 Å². The molecule has 4 aromatic rings. The lowest BCUT2D eigenvalue weighted by atomic mass is 10.2. The molecule has 0 atom stereocenters. The SMILES string of the molecule is CN1CCN(c2ccc(Nc3ncc4nc(NC(=O)c5ccc(Br)cc5F)n(C5CCCC5)c4n3)cc2)CC1. The van der Waals surface area contributed by atoms with Crippen molar-refractivity contribution in [2.75, 3.05) is 48.8 Å². The van der Waals surface area contributed by atoms with Crippen molar-refractivity contribution in [3.05, 3.63) is 64.5 Å². The van der Waals surface area contributed by atoms with Crippen LogP contribution >= 0.6 is 15.9 Å². The first-order chi connectivity index (χ1) is 18.9. The maximum Gasteiger partial charge on any atom is 0.260 e. The number of imidazole rings is 1. The highest BCUT2D eigenvalue weighted by atomic mass is 79.9. The van der Waals surface area contributed by atoms with Crippen LogP contribution < -0.4 is 15.5 Å². The molecule has 9 nitrogen and oxygen atoms in total. The Labute approximate surface area is 234 Å². The molecule has 11 heteroatoms. The number of nitrogens with one attached hydrogen (secondary N) is 2. The van der Waals surface area contributed by atoms with E-state index in [9.17, 15) is 9.18 Å². The molecule has 1 aliphatic carbocycles. The molecule has 0 bridgehead atoms. The Kier molecular flexibility index (Phi) is 7.18. The van der Waals surface area contributed by atoms with Crippen molar-refractivity contribution in [3.8, 4) is 0 Å². The van der Waals surface area contributed by atoms with E-state index >= 15 is 0 Å². The first kappa shape index (κ1) is 25.7. The third-order valence-electron chi connectivity index (χ3n) is 7.52. The Morgan fingerprint density at radius 3 is 2.49 bits per heavy atom. The first-order valence-electron chi connectivity index (χ1n) is 13.3. The van der Waals surface area contributed by atoms with Crippen molar-refractivity contribution in [1.29, 1.82) is 0 Å². The molecule has 2 fully saturated rings. The van der Waals surface area contributed by atoms with Crippen LogP contribution in [0.2, 0.25) is 0 Å². The van der Waals surface area contributed by atoms with Gasteiger partial charge < -0.3 is 15.1 Å². The lowest BCUT2D eigenvalue weighted by Crippen LogP contribution is -2.44. The van der Waals surface area contributed by atoms with Crippen LogP contribution in [-0.4, -0.2) is 63.6 Å². The van der Waals surface area contributed by atoms with Crippen LogP contribution in [0, 0.1) is 5.82 Å². The van der Waals surface area contributed by atoms with Crippen molar-refractivity contribution in [1.82, 2.24) is 24.4 Å². The summed E-state index contributed by atoms with van der Waals surface area (Å²) >= 11 is 3.23. The summed E-state index contributed by atoms with van der Waals surface area (Å²) in [6, 6.07) is 12.8. The van der Waals surface area contributed by atoms with Crippen LogP contribution in [0.3, 0.4) is 0 Å². The zero-order valence-electron chi connectivity index (χ0n) is 21.7. The van der Waals surface area contributed by atoms with Crippen LogP contribution in [0.1, 0.15) is 42.1 Å². The molecule has 0 unspecified atom stereocenters. The number of carbonyl (C=O) groups excluding carboxylic acids is 1. The number of nitrogens with zero attached hydrogens (tertiary/aromatic N) is 6. The second-order valence-electron chi connectivity index (χ2n) is 10.2. The van der Waals surface area contributed by atoms with Crippen LogP contribution in [0.5, 0.6) is 0 Å². The van der Waals surface area contributed by atoms with E-state index < -0.39 is 11.7 Å². The van der Waals surface area contributed by atoms with Crippen LogP contribution in [0.15, 0.2) is 53.1 Å². The molecule has 6 rings (SSSR count). The van der Waals surface area contributed by atoms with E-state index in [-0.39, 0.29) is 11.6 Å². The number of amides is 1. The molecule has 1 amide bonds. The van der Waals surface area contributed by atoms with Crippen molar-refractivity contribution in [2.24, 2.45) is 0 Å². The van der Waals surface area contributed by atoms with Crippen LogP contribution in [-0.2, 0) is 0 Å². The van der Waals surface area contributed by atoms with E-state index in [1.165, 1.54) is 17.8 Å². The minimum atomic E-state index is -0.602. The van der Waals surface area contributed by atoms with Gasteiger partial charge in [-0.3, -0.25) is 14.7 Å². The number of halogens is 2. The number of rotatable bonds is 6. The van der Waals surface area contributed by atoms with E-state index in [4.69, 9.17) is 4.98 Å². The van der Waals surface area contributed by atoms with E-state index in [2.05, 4.69) is 65.5 Å². The average Bonchev–Trinajstić information content (AvgIpc) is 3.57. The fraction of sp³-hybridized carbons (Fsp3) is 0.357. The minimum Gasteiger partial charge on any atom is -0.369 e. The second-order valence-corrected chi connectivity index (χ2v) is 11.1. The summed E-state index contributed by atoms with van der Waals surface area (Å²) in [5.41, 5.74) is 3.26. The summed E-state index contributed by atoms with van der Waals surface area (Å²) in [5, 5.41) is 6.13. The van der Waals surface area contributed by atoms with Crippen molar-refractivity contribution in [3.63, 3.8) is 0 Å². The Bertz CT molecular complexity index is 1490. The maximum absolute atomic E-state index is 14.5. The van der Waals surface area contributed by atoms with Gasteiger partial charge in [0.2, 0.25) is 11.9 Å². The lowest BCUT2D eigenvalue weighted by molar-refractivity contribution is 0.102. The highest BCUT2D eigenvalue weighted by Gasteiger charge is 2.26. The summed E-state index contributed by atoms with van der Waals surface area (Å²) in [5.74, 6) is -0.352. The number of carbonyl (C=O) groups is 1. The van der Waals surface area contributed by atoms with Gasteiger partial charge in [-0.1, -0.05) is 28.8 Å². The average molecular weight is 594 g/mol. The summed E-state index contributed by atoms with van der Waals surface area (Å²) < 4.78 is 17.0. The predicted molar refractivity (Wildman–Crippen MR) is 154 cm³/mol. The molecule has 2 aromatic carbocycles. The zero-order valence-corrected chi connectivity index (χ0v) is 23.3. The van der Waals surface area contributed by atoms with Crippen molar-refractivity contribution < 1.29 is 9.18 Å². The van der Waals surface area contributed by atoms with E-state index in [1.54, 1.807) is 12.3 Å². The zero-order chi connectivity index (χ0) is 26.9. The number of piperazine rings is 1. The van der Waals surface area contributed by atoms with Gasteiger partial charge in [-0.15, -0.1) is 0 Å². The third kappa shape index (κ3) is 5.46. The highest BCUT2D eigenvalue weighted by molar-refractivity contribution is 9.10. The normalized spacial score (nSPS) is 16.6. The van der Waals surface area contributed by atoms with E-state index in [0.29, 0.717) is 27.5 Å². The number of benzene rings is 2. The number of anilines is 4. The van der Waals surface area contributed by atoms with E-state index in [1.807, 2.05) is 16.7 Å². The van der Waals surface area contributed by atoms with E-state index in [0.717, 1.165) is 57.5 Å². The minimum absolute atomic E-state index is 0.0447. The van der Waals surface area contributed by atoms with Gasteiger partial charge in [-0.25, -0.2) is 14.4 Å². The molecular weight excluding hydrogens is 563 g/mol. The molecule has 2 aliphatic rings. The first-order valence-corrected chi connectivity index (χ1v) is 14.1. The Hall–Kier alpha value is -3.57. The third-order valence-corrected chi connectivity index (χ3v) is 8.01. The molecule has 0 radical (unpaired) electrons. The van der Waals surface area contributed by atoms with Gasteiger partial charge >= 0.3 is 0 Å². The van der Waals surface area contributed by atoms with Gasteiger partial charge in [0, 0.05) is 48.1 Å². The summed E-state index contributed by atoms with van der Waals surface area (Å²) in [4.78, 5) is 31.6. The Morgan fingerprint density at radius 1 is 1.03 bits per heavy atom. The molecular formula is C28H30BrFN8O. The van der Waals surface area contributed by atoms with Gasteiger partial charge in [0.15, 0.2) is 5.65 Å². The molecule has 202 valence electrons. The quantitative estimate of drug-likeness (QED) is 0.301. The summed E-state index contributed by atoms with van der Waals surface area (Å²) in [6.07, 6.45) is 5.76. The molecule has 3 heterocycles. The molecule has 39 heavy (non-hydrogen) atoms. The number of hydrogen-bond donors (Lipinski definition) is 2. The van der Waals surface area contributed by atoms with Crippen LogP contribution in [0.25, 0.3) is 11.2 Å². The fourth-order valence-corrected chi connectivity index (χ4v) is 5.67. The maximum atomic E-state index is 14.5. The number of fused-ring (bicyclic) bond motifs is 1. The van der Waals surface area contributed by atoms with Crippen molar-refractivity contribution >= 4 is 56.3 Å². The van der Waals surface area contributed by atoms with Gasteiger partial charge in [-0.2, -0.15) is 4.98 Å². The summed E-state index contributed by atoms with van der Waals surface area (Å²) in [6.45, 7) is 4.15. The van der Waals surface area contributed by atoms with Crippen molar-refractivity contribution in [2.45, 2.75) is 31.7 Å². The largest absolute Gasteiger partial charge is 0.369 e. The molecule has 2 N–H and O–H groups in total. The standard InChI is InChI=1S/C28H30BrFN8O/c1-36-12-14-37(15-13-36)20-9-7-19(8-10-20)32-27-31-17-24-25(34-27)38(21-4-2-3-5-21)28(33-24)35-26(39)22-11-6-18(29)16-23(22)30/h6-11,16-17,21H,2-5,12-15H2,1H3,(H,31,32,34)(H,33,35,39). The molecule has 1 saturated heterocycles. The van der Waals surface area contributed by atoms with Gasteiger partial charge in [0.25, 0.3) is 5.91 Å². The number of likely N-dealkylation sites (N-methyl/N-ethyl adjacent to an activating group) is 1. The summed E-state index contributed by atoms with van der Waals surface area (Å²) in [7, 11) is 2.15. The highest BCUT2D eigenvalue weighted by Crippen LogP contribution is 2.35. The Balaban J connectivity index is 1.26. The number of aromatic nitrogens is 4. The molecule has 1 aliphatic heterocycles. The monoisotopic (exact) mass is 592 g/mol. The topological polar surface area (TPSA) is 91.2 Å². The molecule has 1 saturated carbocycles. The lowest BCUT2D eigenvalue weighted by Gasteiger charge is -2.34.